The average molecular weight is 535 g/mol. The second kappa shape index (κ2) is 10.0. The van der Waals surface area contributed by atoms with Gasteiger partial charge in [-0.1, -0.05) is 20.8 Å². The maximum atomic E-state index is 14.4. The van der Waals surface area contributed by atoms with Crippen molar-refractivity contribution >= 4 is 38.3 Å². The first-order chi connectivity index (χ1) is 17.2. The zero-order chi connectivity index (χ0) is 27.0. The summed E-state index contributed by atoms with van der Waals surface area (Å²) in [5, 5.41) is 2.75. The molecule has 0 saturated carbocycles. The number of fused-ring (bicyclic) bond motifs is 1. The van der Waals surface area contributed by atoms with Crippen LogP contribution in [0.4, 0.5) is 20.2 Å². The number of alkyl halides is 2. The highest BCUT2D eigenvalue weighted by Gasteiger charge is 2.33. The van der Waals surface area contributed by atoms with E-state index in [2.05, 4.69) is 15.0 Å². The molecule has 0 atom stereocenters. The number of amides is 1. The molecule has 37 heavy (non-hydrogen) atoms. The van der Waals surface area contributed by atoms with Crippen LogP contribution in [0.5, 0.6) is 0 Å². The Labute approximate surface area is 215 Å². The Morgan fingerprint density at radius 1 is 1.05 bits per heavy atom. The summed E-state index contributed by atoms with van der Waals surface area (Å²) in [7, 11) is -3.97. The molecule has 0 unspecified atom stereocenters. The monoisotopic (exact) mass is 534 g/mol. The summed E-state index contributed by atoms with van der Waals surface area (Å²) in [5.74, 6) is -3.50. The highest BCUT2D eigenvalue weighted by Crippen LogP contribution is 2.33. The van der Waals surface area contributed by atoms with Gasteiger partial charge in [-0.05, 0) is 61.2 Å². The molecule has 0 radical (unpaired) electrons. The maximum Gasteiger partial charge on any atom is 0.302 e. The Morgan fingerprint density at radius 3 is 2.27 bits per heavy atom. The lowest BCUT2D eigenvalue weighted by Crippen LogP contribution is -2.27. The van der Waals surface area contributed by atoms with Crippen LogP contribution in [-0.2, 0) is 32.0 Å². The number of halogens is 2. The molecule has 11 heteroatoms. The van der Waals surface area contributed by atoms with E-state index in [-0.39, 0.29) is 33.7 Å². The normalized spacial score (nSPS) is 15.6. The number of benzene rings is 2. The molecule has 2 heterocycles. The number of nitrogens with one attached hydrogen (secondary N) is 2. The molecule has 1 saturated heterocycles. The Morgan fingerprint density at radius 2 is 1.68 bits per heavy atom. The SMILES string of the molecule is CC(C)(C)C(=O)Nc1ccc(S(=O)(=O)Nc2ccc3c(c2)nc(C(C)(F)F)n3CC2CCOCC2)cc1. The zero-order valence-corrected chi connectivity index (χ0v) is 22.2. The Bertz CT molecular complexity index is 1380. The molecule has 1 amide bonds. The number of rotatable bonds is 7. The van der Waals surface area contributed by atoms with Crippen LogP contribution in [0.15, 0.2) is 47.4 Å². The number of anilines is 2. The summed E-state index contributed by atoms with van der Waals surface area (Å²) in [6, 6.07) is 10.4. The zero-order valence-electron chi connectivity index (χ0n) is 21.3. The predicted octanol–water partition coefficient (Wildman–Crippen LogP) is 5.36. The van der Waals surface area contributed by atoms with Crippen molar-refractivity contribution in [1.82, 2.24) is 9.55 Å². The van der Waals surface area contributed by atoms with E-state index in [1.54, 1.807) is 26.8 Å². The quantitative estimate of drug-likeness (QED) is 0.425. The third-order valence-corrected chi connectivity index (χ3v) is 7.68. The number of sulfonamides is 1. The van der Waals surface area contributed by atoms with E-state index >= 15 is 0 Å². The van der Waals surface area contributed by atoms with Gasteiger partial charge in [0.15, 0.2) is 5.82 Å². The summed E-state index contributed by atoms with van der Waals surface area (Å²) < 4.78 is 64.2. The lowest BCUT2D eigenvalue weighted by atomic mass is 9.95. The predicted molar refractivity (Wildman–Crippen MR) is 138 cm³/mol. The molecule has 1 aliphatic heterocycles. The molecule has 3 aromatic rings. The Hall–Kier alpha value is -3.05. The Kier molecular flexibility index (Phi) is 7.31. The van der Waals surface area contributed by atoms with Gasteiger partial charge in [0.25, 0.3) is 10.0 Å². The first-order valence-electron chi connectivity index (χ1n) is 12.1. The highest BCUT2D eigenvalue weighted by molar-refractivity contribution is 7.92. The lowest BCUT2D eigenvalue weighted by molar-refractivity contribution is -0.123. The van der Waals surface area contributed by atoms with Crippen molar-refractivity contribution < 1.29 is 26.7 Å². The second-order valence-electron chi connectivity index (χ2n) is 10.5. The topological polar surface area (TPSA) is 102 Å². The van der Waals surface area contributed by atoms with Crippen LogP contribution < -0.4 is 10.0 Å². The first-order valence-corrected chi connectivity index (χ1v) is 13.6. The van der Waals surface area contributed by atoms with E-state index in [0.717, 1.165) is 19.8 Å². The number of hydrogen-bond acceptors (Lipinski definition) is 5. The number of hydrogen-bond donors (Lipinski definition) is 2. The minimum absolute atomic E-state index is 0.00724. The molecule has 200 valence electrons. The molecule has 0 aliphatic carbocycles. The summed E-state index contributed by atoms with van der Waals surface area (Å²) in [4.78, 5) is 16.3. The van der Waals surface area contributed by atoms with E-state index in [0.29, 0.717) is 31.0 Å². The molecule has 0 bridgehead atoms. The molecule has 4 rings (SSSR count). The van der Waals surface area contributed by atoms with Gasteiger partial charge in [-0.3, -0.25) is 9.52 Å². The van der Waals surface area contributed by atoms with Crippen LogP contribution >= 0.6 is 0 Å². The molecule has 0 spiro atoms. The minimum Gasteiger partial charge on any atom is -0.381 e. The highest BCUT2D eigenvalue weighted by atomic mass is 32.2. The van der Waals surface area contributed by atoms with E-state index in [4.69, 9.17) is 4.74 Å². The fourth-order valence-electron chi connectivity index (χ4n) is 4.15. The number of carbonyl (C=O) groups excluding carboxylic acids is 1. The van der Waals surface area contributed by atoms with Crippen molar-refractivity contribution in [3.63, 3.8) is 0 Å². The summed E-state index contributed by atoms with van der Waals surface area (Å²) >= 11 is 0. The largest absolute Gasteiger partial charge is 0.381 e. The van der Waals surface area contributed by atoms with Gasteiger partial charge in [-0.25, -0.2) is 13.4 Å². The lowest BCUT2D eigenvalue weighted by Gasteiger charge is -2.24. The molecule has 1 aromatic heterocycles. The van der Waals surface area contributed by atoms with Crippen LogP contribution in [0, 0.1) is 11.3 Å². The van der Waals surface area contributed by atoms with Crippen LogP contribution in [0.2, 0.25) is 0 Å². The Balaban J connectivity index is 1.57. The van der Waals surface area contributed by atoms with Crippen LogP contribution in [-0.4, -0.2) is 37.1 Å². The number of carbonyl (C=O) groups is 1. The van der Waals surface area contributed by atoms with Gasteiger partial charge in [-0.2, -0.15) is 8.78 Å². The van der Waals surface area contributed by atoms with Gasteiger partial charge < -0.3 is 14.6 Å². The number of aromatic nitrogens is 2. The standard InChI is InChI=1S/C26H32F2N4O4S/c1-25(2,3)24(33)29-18-5-8-20(9-6-18)37(34,35)31-19-7-10-22-21(15-19)30-23(26(4,27)28)32(22)16-17-11-13-36-14-12-17/h5-10,15,17,31H,11-14,16H2,1-4H3,(H,29,33). The summed E-state index contributed by atoms with van der Waals surface area (Å²) in [6.45, 7) is 7.74. The van der Waals surface area contributed by atoms with Gasteiger partial charge in [0.1, 0.15) is 0 Å². The van der Waals surface area contributed by atoms with Crippen LogP contribution in [0.1, 0.15) is 46.4 Å². The van der Waals surface area contributed by atoms with Gasteiger partial charge >= 0.3 is 5.92 Å². The smallest absolute Gasteiger partial charge is 0.302 e. The molecular weight excluding hydrogens is 502 g/mol. The molecule has 1 fully saturated rings. The van der Waals surface area contributed by atoms with Crippen molar-refractivity contribution in [2.24, 2.45) is 11.3 Å². The van der Waals surface area contributed by atoms with E-state index in [1.807, 2.05) is 0 Å². The molecule has 2 N–H and O–H groups in total. The third-order valence-electron chi connectivity index (χ3n) is 6.28. The summed E-state index contributed by atoms with van der Waals surface area (Å²) in [6.07, 6.45) is 1.57. The second-order valence-corrected chi connectivity index (χ2v) is 12.2. The van der Waals surface area contributed by atoms with E-state index in [9.17, 15) is 22.0 Å². The number of nitrogens with zero attached hydrogens (tertiary/aromatic N) is 2. The molecule has 8 nitrogen and oxygen atoms in total. The van der Waals surface area contributed by atoms with Gasteiger partial charge in [0.05, 0.1) is 21.6 Å². The molecule has 2 aromatic carbocycles. The van der Waals surface area contributed by atoms with Gasteiger partial charge in [0.2, 0.25) is 5.91 Å². The van der Waals surface area contributed by atoms with Crippen LogP contribution in [0.3, 0.4) is 0 Å². The fourth-order valence-corrected chi connectivity index (χ4v) is 5.20. The molecule has 1 aliphatic rings. The van der Waals surface area contributed by atoms with Crippen molar-refractivity contribution in [3.8, 4) is 0 Å². The van der Waals surface area contributed by atoms with Crippen molar-refractivity contribution in [2.75, 3.05) is 23.3 Å². The minimum atomic E-state index is -3.97. The van der Waals surface area contributed by atoms with Crippen molar-refractivity contribution in [2.45, 2.75) is 57.9 Å². The maximum absolute atomic E-state index is 14.4. The van der Waals surface area contributed by atoms with E-state index < -0.39 is 21.4 Å². The van der Waals surface area contributed by atoms with Gasteiger partial charge in [0, 0.05) is 37.8 Å². The summed E-state index contributed by atoms with van der Waals surface area (Å²) in [5.41, 5.74) is 0.890. The fraction of sp³-hybridized carbons (Fsp3) is 0.462. The average Bonchev–Trinajstić information content (AvgIpc) is 3.17. The van der Waals surface area contributed by atoms with E-state index in [1.165, 1.54) is 41.0 Å². The van der Waals surface area contributed by atoms with Crippen LogP contribution in [0.25, 0.3) is 11.0 Å². The molecular formula is C26H32F2N4O4S. The van der Waals surface area contributed by atoms with Crippen molar-refractivity contribution in [1.29, 1.82) is 0 Å². The van der Waals surface area contributed by atoms with Crippen molar-refractivity contribution in [3.05, 3.63) is 48.3 Å². The number of ether oxygens (including phenoxy) is 1. The number of imidazole rings is 1. The first kappa shape index (κ1) is 27.0. The van der Waals surface area contributed by atoms with Gasteiger partial charge in [-0.15, -0.1) is 0 Å². The third kappa shape index (κ3) is 6.27.